The first-order valence-corrected chi connectivity index (χ1v) is 8.23. The van der Waals surface area contributed by atoms with Gasteiger partial charge in [0.05, 0.1) is 11.4 Å². The number of aromatic amines is 1. The van der Waals surface area contributed by atoms with Crippen molar-refractivity contribution in [2.45, 2.75) is 46.0 Å². The van der Waals surface area contributed by atoms with Gasteiger partial charge in [0.1, 0.15) is 5.82 Å². The number of carbonyl (C=O) groups excluding carboxylic acids is 1. The lowest BCUT2D eigenvalue weighted by atomic mass is 10.1. The molecule has 1 fully saturated rings. The van der Waals surface area contributed by atoms with Gasteiger partial charge in [0.25, 0.3) is 0 Å². The van der Waals surface area contributed by atoms with Crippen LogP contribution in [0.25, 0.3) is 0 Å². The lowest BCUT2D eigenvalue weighted by molar-refractivity contribution is -0.130. The molecule has 3 heterocycles. The van der Waals surface area contributed by atoms with Crippen LogP contribution in [0.1, 0.15) is 47.2 Å². The number of likely N-dealkylation sites (tertiary alicyclic amines) is 1. The lowest BCUT2D eigenvalue weighted by Crippen LogP contribution is -2.29. The van der Waals surface area contributed by atoms with Gasteiger partial charge in [0.2, 0.25) is 5.91 Å². The molecule has 3 rings (SSSR count). The maximum absolute atomic E-state index is 12.5. The minimum atomic E-state index is 0.235. The molecule has 0 aliphatic carbocycles. The van der Waals surface area contributed by atoms with Crippen LogP contribution in [0.15, 0.2) is 6.20 Å². The summed E-state index contributed by atoms with van der Waals surface area (Å²) in [6, 6.07) is 0. The third-order valence-electron chi connectivity index (χ3n) is 4.81. The van der Waals surface area contributed by atoms with E-state index in [1.165, 1.54) is 5.56 Å². The molecule has 0 aromatic carbocycles. The van der Waals surface area contributed by atoms with Gasteiger partial charge in [-0.05, 0) is 39.2 Å². The van der Waals surface area contributed by atoms with Crippen LogP contribution in [-0.4, -0.2) is 43.6 Å². The number of nitrogens with one attached hydrogen (secondary N) is 1. The molecule has 1 atom stereocenters. The Balaban J connectivity index is 1.58. The summed E-state index contributed by atoms with van der Waals surface area (Å²) in [5, 5.41) is 7.18. The molecule has 6 nitrogen and oxygen atoms in total. The fourth-order valence-corrected chi connectivity index (χ4v) is 3.54. The van der Waals surface area contributed by atoms with Crippen molar-refractivity contribution in [3.05, 3.63) is 34.7 Å². The van der Waals surface area contributed by atoms with E-state index in [2.05, 4.69) is 19.7 Å². The molecule has 23 heavy (non-hydrogen) atoms. The average Bonchev–Trinajstić information content (AvgIpc) is 3.18. The van der Waals surface area contributed by atoms with Crippen LogP contribution in [0.2, 0.25) is 0 Å². The van der Waals surface area contributed by atoms with Crippen LogP contribution in [0, 0.1) is 20.8 Å². The zero-order valence-electron chi connectivity index (χ0n) is 14.4. The van der Waals surface area contributed by atoms with E-state index in [1.807, 2.05) is 38.9 Å². The second-order valence-corrected chi connectivity index (χ2v) is 6.59. The molecule has 2 aromatic rings. The molecule has 1 amide bonds. The number of aromatic nitrogens is 4. The van der Waals surface area contributed by atoms with Crippen LogP contribution in [-0.2, 0) is 18.3 Å². The van der Waals surface area contributed by atoms with E-state index in [4.69, 9.17) is 0 Å². The van der Waals surface area contributed by atoms with Gasteiger partial charge >= 0.3 is 0 Å². The van der Waals surface area contributed by atoms with E-state index in [0.29, 0.717) is 12.3 Å². The van der Waals surface area contributed by atoms with Gasteiger partial charge in [0, 0.05) is 44.4 Å². The van der Waals surface area contributed by atoms with Crippen molar-refractivity contribution in [1.82, 2.24) is 24.6 Å². The zero-order chi connectivity index (χ0) is 16.6. The second kappa shape index (κ2) is 6.18. The molecular formula is C17H25N5O. The van der Waals surface area contributed by atoms with Gasteiger partial charge in [-0.25, -0.2) is 4.98 Å². The number of H-pyrrole nitrogens is 1. The van der Waals surface area contributed by atoms with Crippen LogP contribution in [0.3, 0.4) is 0 Å². The van der Waals surface area contributed by atoms with Gasteiger partial charge in [-0.3, -0.25) is 9.89 Å². The molecule has 124 valence electrons. The largest absolute Gasteiger partial charge is 0.342 e. The minimum absolute atomic E-state index is 0.235. The zero-order valence-corrected chi connectivity index (χ0v) is 14.4. The Morgan fingerprint density at radius 2 is 2.17 bits per heavy atom. The molecule has 0 saturated carbocycles. The molecule has 2 aromatic heterocycles. The molecule has 0 bridgehead atoms. The van der Waals surface area contributed by atoms with E-state index < -0.39 is 0 Å². The van der Waals surface area contributed by atoms with E-state index in [-0.39, 0.29) is 5.91 Å². The van der Waals surface area contributed by atoms with Crippen LogP contribution in [0.5, 0.6) is 0 Å². The summed E-state index contributed by atoms with van der Waals surface area (Å²) in [4.78, 5) is 19.1. The molecule has 0 spiro atoms. The summed E-state index contributed by atoms with van der Waals surface area (Å²) in [7, 11) is 2.03. The summed E-state index contributed by atoms with van der Waals surface area (Å²) in [6.07, 6.45) is 4.35. The molecule has 1 aliphatic heterocycles. The Hall–Kier alpha value is -2.11. The van der Waals surface area contributed by atoms with Gasteiger partial charge in [-0.1, -0.05) is 0 Å². The monoisotopic (exact) mass is 315 g/mol. The van der Waals surface area contributed by atoms with Gasteiger partial charge in [0.15, 0.2) is 0 Å². The summed E-state index contributed by atoms with van der Waals surface area (Å²) in [5.41, 5.74) is 4.28. The van der Waals surface area contributed by atoms with E-state index in [1.54, 1.807) is 0 Å². The average molecular weight is 315 g/mol. The highest BCUT2D eigenvalue weighted by Gasteiger charge is 2.29. The van der Waals surface area contributed by atoms with Crippen LogP contribution < -0.4 is 0 Å². The topological polar surface area (TPSA) is 66.8 Å². The van der Waals surface area contributed by atoms with Crippen molar-refractivity contribution in [2.24, 2.45) is 7.05 Å². The number of carbonyl (C=O) groups is 1. The molecule has 0 unspecified atom stereocenters. The lowest BCUT2D eigenvalue weighted by Gasteiger charge is -2.16. The third-order valence-corrected chi connectivity index (χ3v) is 4.81. The molecule has 1 N–H and O–H groups in total. The Morgan fingerprint density at radius 3 is 2.78 bits per heavy atom. The van der Waals surface area contributed by atoms with Crippen molar-refractivity contribution >= 4 is 5.91 Å². The number of hydrogen-bond donors (Lipinski definition) is 1. The quantitative estimate of drug-likeness (QED) is 0.938. The van der Waals surface area contributed by atoms with Crippen molar-refractivity contribution in [3.63, 3.8) is 0 Å². The van der Waals surface area contributed by atoms with Crippen LogP contribution >= 0.6 is 0 Å². The summed E-state index contributed by atoms with van der Waals surface area (Å²) < 4.78 is 2.09. The number of rotatable bonds is 4. The van der Waals surface area contributed by atoms with Gasteiger partial charge < -0.3 is 9.47 Å². The standard InChI is InChI=1S/C17H25N5O/c1-11-9-21(4)17(18-11)14-7-8-22(10-14)16(23)6-5-15-12(2)19-20-13(15)3/h9,14H,5-8,10H2,1-4H3,(H,19,20)/t14-/m0/s1. The van der Waals surface area contributed by atoms with E-state index in [9.17, 15) is 4.79 Å². The summed E-state index contributed by atoms with van der Waals surface area (Å²) in [6.45, 7) is 7.62. The Bertz CT molecular complexity index is 695. The highest BCUT2D eigenvalue weighted by molar-refractivity contribution is 5.77. The molecule has 6 heteroatoms. The normalized spacial score (nSPS) is 17.9. The number of amides is 1. The smallest absolute Gasteiger partial charge is 0.222 e. The predicted molar refractivity (Wildman–Crippen MR) is 88.3 cm³/mol. The van der Waals surface area contributed by atoms with E-state index >= 15 is 0 Å². The molecular weight excluding hydrogens is 290 g/mol. The number of aryl methyl sites for hydroxylation is 4. The molecule has 1 saturated heterocycles. The number of imidazole rings is 1. The minimum Gasteiger partial charge on any atom is -0.342 e. The maximum atomic E-state index is 12.5. The second-order valence-electron chi connectivity index (χ2n) is 6.59. The first-order chi connectivity index (χ1) is 11.0. The number of nitrogens with zero attached hydrogens (tertiary/aromatic N) is 4. The molecule has 0 radical (unpaired) electrons. The first kappa shape index (κ1) is 15.8. The van der Waals surface area contributed by atoms with Crippen LogP contribution in [0.4, 0.5) is 0 Å². The Morgan fingerprint density at radius 1 is 1.39 bits per heavy atom. The first-order valence-electron chi connectivity index (χ1n) is 8.23. The highest BCUT2D eigenvalue weighted by Crippen LogP contribution is 2.27. The SMILES string of the molecule is Cc1cn(C)c([C@H]2CCN(C(=O)CCc3c(C)n[nH]c3C)C2)n1. The van der Waals surface area contributed by atoms with Crippen molar-refractivity contribution < 1.29 is 4.79 Å². The fraction of sp³-hybridized carbons (Fsp3) is 0.588. The Labute approximate surface area is 136 Å². The summed E-state index contributed by atoms with van der Waals surface area (Å²) >= 11 is 0. The third kappa shape index (κ3) is 3.16. The van der Waals surface area contributed by atoms with E-state index in [0.717, 1.165) is 48.8 Å². The van der Waals surface area contributed by atoms with Gasteiger partial charge in [-0.15, -0.1) is 0 Å². The maximum Gasteiger partial charge on any atom is 0.222 e. The highest BCUT2D eigenvalue weighted by atomic mass is 16.2. The fourth-order valence-electron chi connectivity index (χ4n) is 3.54. The molecule has 1 aliphatic rings. The summed E-state index contributed by atoms with van der Waals surface area (Å²) in [5.74, 6) is 1.69. The predicted octanol–water partition coefficient (Wildman–Crippen LogP) is 2.02. The van der Waals surface area contributed by atoms with Crippen molar-refractivity contribution in [3.8, 4) is 0 Å². The Kier molecular flexibility index (Phi) is 4.24. The van der Waals surface area contributed by atoms with Gasteiger partial charge in [-0.2, -0.15) is 5.10 Å². The van der Waals surface area contributed by atoms with Crippen molar-refractivity contribution in [1.29, 1.82) is 0 Å². The van der Waals surface area contributed by atoms with Crippen molar-refractivity contribution in [2.75, 3.05) is 13.1 Å². The number of hydrogen-bond acceptors (Lipinski definition) is 3.